The molecule has 0 heterocycles. The van der Waals surface area contributed by atoms with Crippen molar-refractivity contribution in [3.8, 4) is 0 Å². The van der Waals surface area contributed by atoms with Gasteiger partial charge >= 0.3 is 12.0 Å². The Kier molecular flexibility index (Phi) is 6.89. The third-order valence-corrected chi connectivity index (χ3v) is 3.14. The number of nitrogens with one attached hydrogen (secondary N) is 2. The Labute approximate surface area is 112 Å². The third-order valence-electron chi connectivity index (χ3n) is 3.14. The maximum Gasteiger partial charge on any atom is 0.315 e. The lowest BCUT2D eigenvalue weighted by molar-refractivity contribution is -0.141. The van der Waals surface area contributed by atoms with Crippen molar-refractivity contribution < 1.29 is 19.5 Å². The van der Waals surface area contributed by atoms with Crippen molar-refractivity contribution in [2.45, 2.75) is 45.6 Å². The number of hydrogen-bond donors (Lipinski definition) is 4. The summed E-state index contributed by atoms with van der Waals surface area (Å²) in [6.45, 7) is 5.14. The van der Waals surface area contributed by atoms with Crippen LogP contribution < -0.4 is 16.4 Å². The van der Waals surface area contributed by atoms with E-state index in [0.717, 1.165) is 0 Å². The van der Waals surface area contributed by atoms with Crippen molar-refractivity contribution in [3.63, 3.8) is 0 Å². The Hall–Kier alpha value is -1.79. The lowest BCUT2D eigenvalue weighted by Crippen LogP contribution is -2.57. The average molecular weight is 273 g/mol. The minimum absolute atomic E-state index is 0.0214. The number of amides is 3. The molecule has 0 aliphatic heterocycles. The van der Waals surface area contributed by atoms with Crippen LogP contribution in [0.25, 0.3) is 0 Å². The fraction of sp³-hybridized carbons (Fsp3) is 0.750. The van der Waals surface area contributed by atoms with Crippen molar-refractivity contribution in [2.75, 3.05) is 6.54 Å². The Morgan fingerprint density at radius 3 is 2.26 bits per heavy atom. The average Bonchev–Trinajstić information content (AvgIpc) is 2.33. The van der Waals surface area contributed by atoms with Gasteiger partial charge in [-0.2, -0.15) is 0 Å². The second kappa shape index (κ2) is 7.60. The molecule has 0 radical (unpaired) electrons. The minimum atomic E-state index is -1.13. The van der Waals surface area contributed by atoms with Crippen LogP contribution in [0, 0.1) is 5.92 Å². The van der Waals surface area contributed by atoms with E-state index in [1.807, 2.05) is 6.92 Å². The number of primary amides is 1. The second-order valence-corrected chi connectivity index (χ2v) is 4.71. The molecule has 5 N–H and O–H groups in total. The van der Waals surface area contributed by atoms with Crippen molar-refractivity contribution in [1.29, 1.82) is 0 Å². The number of hydrogen-bond acceptors (Lipinski definition) is 3. The summed E-state index contributed by atoms with van der Waals surface area (Å²) >= 11 is 0. The zero-order chi connectivity index (χ0) is 15.1. The zero-order valence-corrected chi connectivity index (χ0v) is 11.7. The number of aliphatic carboxylic acids is 1. The van der Waals surface area contributed by atoms with Gasteiger partial charge in [0.05, 0.1) is 5.92 Å². The molecule has 0 aromatic heterocycles. The van der Waals surface area contributed by atoms with Gasteiger partial charge in [-0.3, -0.25) is 9.59 Å². The molecule has 0 fully saturated rings. The van der Waals surface area contributed by atoms with E-state index < -0.39 is 29.4 Å². The molecular formula is C12H23N3O4. The van der Waals surface area contributed by atoms with Crippen LogP contribution in [-0.2, 0) is 9.59 Å². The Morgan fingerprint density at radius 1 is 1.32 bits per heavy atom. The fourth-order valence-electron chi connectivity index (χ4n) is 1.50. The van der Waals surface area contributed by atoms with Crippen LogP contribution in [0.5, 0.6) is 0 Å². The number of nitrogens with two attached hydrogens (primary N) is 1. The van der Waals surface area contributed by atoms with Gasteiger partial charge in [0.1, 0.15) is 5.54 Å². The molecule has 19 heavy (non-hydrogen) atoms. The molecule has 0 bridgehead atoms. The highest BCUT2D eigenvalue weighted by atomic mass is 16.4. The predicted molar refractivity (Wildman–Crippen MR) is 70.5 cm³/mol. The molecule has 0 aromatic carbocycles. The molecule has 0 aliphatic rings. The Bertz CT molecular complexity index is 346. The molecule has 7 nitrogen and oxygen atoms in total. The summed E-state index contributed by atoms with van der Waals surface area (Å²) in [5.41, 5.74) is 4.07. The smallest absolute Gasteiger partial charge is 0.315 e. The molecule has 3 amide bonds. The highest BCUT2D eigenvalue weighted by molar-refractivity contribution is 5.89. The molecule has 7 heteroatoms. The summed E-state index contributed by atoms with van der Waals surface area (Å²) in [6.07, 6.45) is 1.55. The quantitative estimate of drug-likeness (QED) is 0.512. The van der Waals surface area contributed by atoms with E-state index >= 15 is 0 Å². The highest BCUT2D eigenvalue weighted by Gasteiger charge is 2.31. The van der Waals surface area contributed by atoms with Gasteiger partial charge in [0, 0.05) is 6.54 Å². The molecular weight excluding hydrogens is 250 g/mol. The van der Waals surface area contributed by atoms with Gasteiger partial charge in [-0.15, -0.1) is 0 Å². The van der Waals surface area contributed by atoms with E-state index in [4.69, 9.17) is 10.8 Å². The van der Waals surface area contributed by atoms with Gasteiger partial charge in [0.15, 0.2) is 0 Å². The second-order valence-electron chi connectivity index (χ2n) is 4.71. The van der Waals surface area contributed by atoms with Crippen LogP contribution in [-0.4, -0.2) is 35.1 Å². The van der Waals surface area contributed by atoms with Gasteiger partial charge < -0.3 is 21.5 Å². The van der Waals surface area contributed by atoms with Crippen LogP contribution >= 0.6 is 0 Å². The molecule has 0 saturated heterocycles. The third kappa shape index (κ3) is 5.58. The number of carboxylic acid groups (broad SMARTS) is 1. The van der Waals surface area contributed by atoms with Crippen molar-refractivity contribution >= 4 is 17.9 Å². The zero-order valence-electron chi connectivity index (χ0n) is 11.7. The summed E-state index contributed by atoms with van der Waals surface area (Å²) in [6, 6.07) is -0.592. The first-order valence-electron chi connectivity index (χ1n) is 6.35. The monoisotopic (exact) mass is 273 g/mol. The van der Waals surface area contributed by atoms with Crippen LogP contribution in [0.1, 0.15) is 40.0 Å². The maximum absolute atomic E-state index is 11.6. The molecule has 0 aromatic rings. The van der Waals surface area contributed by atoms with Gasteiger partial charge in [0.2, 0.25) is 5.91 Å². The first-order chi connectivity index (χ1) is 8.76. The molecule has 0 saturated carbocycles. The topological polar surface area (TPSA) is 122 Å². The van der Waals surface area contributed by atoms with Crippen molar-refractivity contribution in [1.82, 2.24) is 10.6 Å². The highest BCUT2D eigenvalue weighted by Crippen LogP contribution is 2.08. The summed E-state index contributed by atoms with van der Waals surface area (Å²) in [5, 5.41) is 13.9. The summed E-state index contributed by atoms with van der Waals surface area (Å²) in [5.74, 6) is -2.21. The van der Waals surface area contributed by atoms with Crippen LogP contribution in [0.3, 0.4) is 0 Å². The van der Waals surface area contributed by atoms with E-state index in [9.17, 15) is 14.4 Å². The van der Waals surface area contributed by atoms with Crippen LogP contribution in [0.15, 0.2) is 0 Å². The summed E-state index contributed by atoms with van der Waals surface area (Å²) < 4.78 is 0. The van der Waals surface area contributed by atoms with Crippen molar-refractivity contribution in [3.05, 3.63) is 0 Å². The summed E-state index contributed by atoms with van der Waals surface area (Å²) in [4.78, 5) is 33.8. The largest absolute Gasteiger partial charge is 0.481 e. The molecule has 2 atom stereocenters. The van der Waals surface area contributed by atoms with Gasteiger partial charge in [-0.1, -0.05) is 20.3 Å². The van der Waals surface area contributed by atoms with E-state index in [1.54, 1.807) is 6.92 Å². The van der Waals surface area contributed by atoms with Gasteiger partial charge in [0.25, 0.3) is 0 Å². The number of carbonyl (C=O) groups excluding carboxylic acids is 2. The summed E-state index contributed by atoms with van der Waals surface area (Å²) in [7, 11) is 0. The standard InChI is InChI=1S/C12H23N3O4/c1-4-6-8(9(16)17)7-14-11(19)15-12(3,5-2)10(13)18/h8H,4-7H2,1-3H3,(H2,13,18)(H,16,17)(H2,14,15,19). The number of rotatable bonds is 8. The first-order valence-corrected chi connectivity index (χ1v) is 6.35. The van der Waals surface area contributed by atoms with E-state index in [1.165, 1.54) is 6.92 Å². The molecule has 110 valence electrons. The van der Waals surface area contributed by atoms with Crippen LogP contribution in [0.4, 0.5) is 4.79 Å². The number of carboxylic acids is 1. The molecule has 0 spiro atoms. The van der Waals surface area contributed by atoms with Gasteiger partial charge in [-0.05, 0) is 19.8 Å². The SMILES string of the molecule is CCCC(CNC(=O)NC(C)(CC)C(N)=O)C(=O)O. The predicted octanol–water partition coefficient (Wildman–Crippen LogP) is 0.441. The minimum Gasteiger partial charge on any atom is -0.481 e. The molecule has 0 rings (SSSR count). The normalized spacial score (nSPS) is 15.1. The van der Waals surface area contributed by atoms with E-state index in [0.29, 0.717) is 19.3 Å². The number of carbonyl (C=O) groups is 3. The van der Waals surface area contributed by atoms with E-state index in [2.05, 4.69) is 10.6 Å². The Balaban J connectivity index is 4.38. The lowest BCUT2D eigenvalue weighted by atomic mass is 9.98. The molecule has 0 aliphatic carbocycles. The lowest BCUT2D eigenvalue weighted by Gasteiger charge is -2.26. The number of urea groups is 1. The fourth-order valence-corrected chi connectivity index (χ4v) is 1.50. The first kappa shape index (κ1) is 17.2. The van der Waals surface area contributed by atoms with Crippen LogP contribution in [0.2, 0.25) is 0 Å². The Morgan fingerprint density at radius 2 is 1.89 bits per heavy atom. The molecule has 2 unspecified atom stereocenters. The maximum atomic E-state index is 11.6. The van der Waals surface area contributed by atoms with Crippen molar-refractivity contribution in [2.24, 2.45) is 11.7 Å². The van der Waals surface area contributed by atoms with E-state index in [-0.39, 0.29) is 6.54 Å². The van der Waals surface area contributed by atoms with Gasteiger partial charge in [-0.25, -0.2) is 4.79 Å².